The van der Waals surface area contributed by atoms with Gasteiger partial charge in [0.25, 0.3) is 0 Å². The molecule has 0 radical (unpaired) electrons. The smallest absolute Gasteiger partial charge is 0.182 e. The maximum atomic E-state index is 5.60. The van der Waals surface area contributed by atoms with Gasteiger partial charge in [-0.05, 0) is 42.7 Å². The molecule has 1 fully saturated rings. The van der Waals surface area contributed by atoms with Gasteiger partial charge in [0, 0.05) is 31.5 Å². The topological polar surface area (TPSA) is 81.0 Å². The number of hydrogen-bond donors (Lipinski definition) is 1. The molecular formula is C36H35N7O. The quantitative estimate of drug-likeness (QED) is 0.209. The molecular weight excluding hydrogens is 546 g/mol. The van der Waals surface area contributed by atoms with Crippen LogP contribution < -0.4 is 10.2 Å². The number of pyridine rings is 1. The maximum absolute atomic E-state index is 5.60. The van der Waals surface area contributed by atoms with Crippen molar-refractivity contribution >= 4 is 22.5 Å². The highest BCUT2D eigenvalue weighted by Crippen LogP contribution is 2.44. The lowest BCUT2D eigenvalue weighted by Crippen LogP contribution is -2.38. The van der Waals surface area contributed by atoms with E-state index >= 15 is 0 Å². The summed E-state index contributed by atoms with van der Waals surface area (Å²) in [5.74, 6) is 2.17. The highest BCUT2D eigenvalue weighted by atomic mass is 16.5. The Morgan fingerprint density at radius 2 is 1.30 bits per heavy atom. The monoisotopic (exact) mass is 581 g/mol. The fraction of sp³-hybridized carbons (Fsp3) is 0.222. The summed E-state index contributed by atoms with van der Waals surface area (Å²) in [6.45, 7) is 7.15. The molecule has 0 aliphatic carbocycles. The molecule has 1 saturated heterocycles. The van der Waals surface area contributed by atoms with Crippen LogP contribution in [0, 0.1) is 0 Å². The summed E-state index contributed by atoms with van der Waals surface area (Å²) in [4.78, 5) is 16.9. The molecule has 0 saturated carbocycles. The zero-order valence-electron chi connectivity index (χ0n) is 25.0. The van der Waals surface area contributed by atoms with Gasteiger partial charge < -0.3 is 15.0 Å². The fourth-order valence-corrected chi connectivity index (χ4v) is 6.20. The van der Waals surface area contributed by atoms with Crippen LogP contribution in [0.5, 0.6) is 0 Å². The third-order valence-electron chi connectivity index (χ3n) is 8.10. The molecule has 0 amide bonds. The van der Waals surface area contributed by atoms with Crippen LogP contribution in [0.3, 0.4) is 0 Å². The van der Waals surface area contributed by atoms with E-state index in [1.165, 1.54) is 0 Å². The number of nitrogens with one attached hydrogen (secondary N) is 1. The fourth-order valence-electron chi connectivity index (χ4n) is 6.20. The Kier molecular flexibility index (Phi) is 7.50. The van der Waals surface area contributed by atoms with Crippen LogP contribution in [0.15, 0.2) is 116 Å². The Labute approximate surface area is 257 Å². The van der Waals surface area contributed by atoms with Crippen molar-refractivity contribution in [3.63, 3.8) is 0 Å². The molecule has 3 aromatic heterocycles. The van der Waals surface area contributed by atoms with E-state index in [-0.39, 0.29) is 6.04 Å². The molecule has 6 aromatic rings. The van der Waals surface area contributed by atoms with Crippen molar-refractivity contribution in [2.24, 2.45) is 0 Å². The van der Waals surface area contributed by atoms with Crippen molar-refractivity contribution in [2.45, 2.75) is 25.4 Å². The minimum absolute atomic E-state index is 0.159. The molecule has 0 unspecified atom stereocenters. The lowest BCUT2D eigenvalue weighted by atomic mass is 9.77. The van der Waals surface area contributed by atoms with E-state index < -0.39 is 5.54 Å². The zero-order valence-corrected chi connectivity index (χ0v) is 25.0. The number of aromatic nitrogens is 5. The molecule has 0 atom stereocenters. The van der Waals surface area contributed by atoms with Crippen molar-refractivity contribution in [3.8, 4) is 11.5 Å². The first-order valence-corrected chi connectivity index (χ1v) is 15.1. The zero-order chi connectivity index (χ0) is 29.9. The van der Waals surface area contributed by atoms with Gasteiger partial charge in [-0.2, -0.15) is 5.10 Å². The normalized spacial score (nSPS) is 13.8. The molecule has 1 aliphatic heterocycles. The van der Waals surface area contributed by atoms with E-state index in [9.17, 15) is 0 Å². The maximum Gasteiger partial charge on any atom is 0.182 e. The second kappa shape index (κ2) is 11.9. The van der Waals surface area contributed by atoms with Crippen LogP contribution in [0.2, 0.25) is 0 Å². The van der Waals surface area contributed by atoms with Crippen molar-refractivity contribution < 1.29 is 4.74 Å². The summed E-state index contributed by atoms with van der Waals surface area (Å²) in [5, 5.41) is 9.94. The van der Waals surface area contributed by atoms with Crippen LogP contribution in [0.25, 0.3) is 22.4 Å². The summed E-state index contributed by atoms with van der Waals surface area (Å²) in [6.07, 6.45) is 3.68. The van der Waals surface area contributed by atoms with E-state index in [4.69, 9.17) is 24.8 Å². The molecule has 8 nitrogen and oxygen atoms in total. The van der Waals surface area contributed by atoms with Gasteiger partial charge in [-0.25, -0.2) is 19.6 Å². The highest BCUT2D eigenvalue weighted by molar-refractivity contribution is 6.00. The van der Waals surface area contributed by atoms with Gasteiger partial charge >= 0.3 is 0 Å². The number of rotatable bonds is 8. The molecule has 0 bridgehead atoms. The summed E-state index contributed by atoms with van der Waals surface area (Å²) >= 11 is 0. The van der Waals surface area contributed by atoms with Crippen molar-refractivity contribution in [2.75, 3.05) is 36.5 Å². The molecule has 4 heterocycles. The Morgan fingerprint density at radius 1 is 0.727 bits per heavy atom. The number of fused-ring (bicyclic) bond motifs is 1. The van der Waals surface area contributed by atoms with E-state index in [2.05, 4.69) is 120 Å². The number of nitrogens with zero attached hydrogens (tertiary/aromatic N) is 6. The van der Waals surface area contributed by atoms with Crippen LogP contribution in [-0.2, 0) is 10.3 Å². The van der Waals surface area contributed by atoms with Crippen LogP contribution in [0.1, 0.15) is 30.5 Å². The minimum Gasteiger partial charge on any atom is -0.378 e. The van der Waals surface area contributed by atoms with Gasteiger partial charge in [0.15, 0.2) is 5.82 Å². The lowest BCUT2D eigenvalue weighted by Gasteiger charge is -2.37. The van der Waals surface area contributed by atoms with Gasteiger partial charge in [-0.3, -0.25) is 0 Å². The van der Waals surface area contributed by atoms with E-state index in [1.807, 2.05) is 24.5 Å². The van der Waals surface area contributed by atoms with E-state index in [1.54, 1.807) is 0 Å². The average Bonchev–Trinajstić information content (AvgIpc) is 3.48. The number of hydrogen-bond acceptors (Lipinski definition) is 7. The predicted molar refractivity (Wildman–Crippen MR) is 175 cm³/mol. The molecule has 0 spiro atoms. The molecule has 220 valence electrons. The summed E-state index contributed by atoms with van der Waals surface area (Å²) in [7, 11) is 0. The Hall–Kier alpha value is -5.08. The van der Waals surface area contributed by atoms with E-state index in [0.29, 0.717) is 24.7 Å². The third kappa shape index (κ3) is 4.87. The summed E-state index contributed by atoms with van der Waals surface area (Å²) in [5.41, 5.74) is 4.07. The molecule has 7 rings (SSSR count). The van der Waals surface area contributed by atoms with E-state index in [0.717, 1.165) is 52.3 Å². The second-order valence-corrected chi connectivity index (χ2v) is 11.3. The highest BCUT2D eigenvalue weighted by Gasteiger charge is 2.41. The van der Waals surface area contributed by atoms with Crippen molar-refractivity contribution in [3.05, 3.63) is 132 Å². The third-order valence-corrected chi connectivity index (χ3v) is 8.10. The first kappa shape index (κ1) is 27.7. The van der Waals surface area contributed by atoms with Gasteiger partial charge in [-0.15, -0.1) is 0 Å². The second-order valence-electron chi connectivity index (χ2n) is 11.3. The van der Waals surface area contributed by atoms with Crippen LogP contribution in [0.4, 0.5) is 11.6 Å². The molecule has 3 aromatic carbocycles. The number of morpholine rings is 1. The standard InChI is InChI=1S/C36H35N7O/c1-26(2)39-34-32-30(18-20-37-34)43(41-33(32)35-38-21-19-31(40-35)42-22-24-44-25-23-42)36(27-12-6-3-7-13-27,28-14-8-4-9-15-28)29-16-10-5-11-17-29/h3-21,26H,22-25H2,1-2H3,(H,37,39). The first-order valence-electron chi connectivity index (χ1n) is 15.1. The number of benzene rings is 3. The largest absolute Gasteiger partial charge is 0.378 e. The first-order chi connectivity index (χ1) is 21.7. The minimum atomic E-state index is -0.807. The molecule has 1 aliphatic rings. The van der Waals surface area contributed by atoms with Gasteiger partial charge in [-0.1, -0.05) is 91.0 Å². The van der Waals surface area contributed by atoms with Crippen LogP contribution >= 0.6 is 0 Å². The van der Waals surface area contributed by atoms with Gasteiger partial charge in [0.2, 0.25) is 0 Å². The molecule has 1 N–H and O–H groups in total. The Balaban J connectivity index is 1.57. The van der Waals surface area contributed by atoms with Gasteiger partial charge in [0.05, 0.1) is 24.1 Å². The summed E-state index contributed by atoms with van der Waals surface area (Å²) < 4.78 is 7.74. The predicted octanol–water partition coefficient (Wildman–Crippen LogP) is 6.39. The van der Waals surface area contributed by atoms with Crippen molar-refractivity contribution in [1.29, 1.82) is 0 Å². The summed E-state index contributed by atoms with van der Waals surface area (Å²) in [6, 6.07) is 35.9. The SMILES string of the molecule is CC(C)Nc1nccc2c1c(-c1nccc(N3CCOCC3)n1)nn2C(c1ccccc1)(c1ccccc1)c1ccccc1. The number of anilines is 2. The Bertz CT molecular complexity index is 1750. The lowest BCUT2D eigenvalue weighted by molar-refractivity contribution is 0.122. The average molecular weight is 582 g/mol. The molecule has 8 heteroatoms. The van der Waals surface area contributed by atoms with Gasteiger partial charge in [0.1, 0.15) is 22.9 Å². The Morgan fingerprint density at radius 3 is 1.86 bits per heavy atom. The van der Waals surface area contributed by atoms with Crippen LogP contribution in [-0.4, -0.2) is 57.1 Å². The number of ether oxygens (including phenoxy) is 1. The molecule has 44 heavy (non-hydrogen) atoms. The van der Waals surface area contributed by atoms with Crippen molar-refractivity contribution in [1.82, 2.24) is 24.7 Å².